The molecule has 3 aromatic carbocycles. The fourth-order valence-corrected chi connectivity index (χ4v) is 3.10. The van der Waals surface area contributed by atoms with E-state index in [1.165, 1.54) is 48.5 Å². The number of esters is 2. The third-order valence-corrected chi connectivity index (χ3v) is 5.16. The Labute approximate surface area is 208 Å². The van der Waals surface area contributed by atoms with Gasteiger partial charge in [-0.05, 0) is 54.6 Å². The van der Waals surface area contributed by atoms with E-state index in [-0.39, 0.29) is 16.7 Å². The molecule has 0 saturated heterocycles. The lowest BCUT2D eigenvalue weighted by molar-refractivity contribution is -0.384. The lowest BCUT2D eigenvalue weighted by atomic mass is 10.1. The van der Waals surface area contributed by atoms with Crippen LogP contribution in [0.5, 0.6) is 0 Å². The van der Waals surface area contributed by atoms with E-state index in [9.17, 15) is 29.3 Å². The summed E-state index contributed by atoms with van der Waals surface area (Å²) in [5.41, 5.74) is -0.891. The Morgan fingerprint density at radius 1 is 0.686 bits per heavy atom. The zero-order valence-electron chi connectivity index (χ0n) is 17.7. The second kappa shape index (κ2) is 11.4. The van der Waals surface area contributed by atoms with Gasteiger partial charge in [0.2, 0.25) is 0 Å². The van der Waals surface area contributed by atoms with Crippen molar-refractivity contribution in [3.8, 4) is 0 Å². The van der Waals surface area contributed by atoms with Crippen LogP contribution in [-0.4, -0.2) is 41.6 Å². The summed E-state index contributed by atoms with van der Waals surface area (Å²) in [4.78, 5) is 60.1. The first-order valence-corrected chi connectivity index (χ1v) is 10.6. The number of hydrogen-bond donors (Lipinski definition) is 0. The van der Waals surface area contributed by atoms with Crippen LogP contribution in [0, 0.1) is 10.1 Å². The standard InChI is InChI=1S/C24H15Cl2NO8/c25-16-5-1-14(2-6-16)21(28)12-34-23(30)19-10-9-18(27(32)33)11-20(19)24(31)35-13-22(29)15-3-7-17(26)8-4-15/h1-11H,12-13H2. The first-order valence-electron chi connectivity index (χ1n) is 9.86. The molecule has 11 heteroatoms. The van der Waals surface area contributed by atoms with Crippen molar-refractivity contribution < 1.29 is 33.6 Å². The van der Waals surface area contributed by atoms with Crippen LogP contribution in [0.1, 0.15) is 41.4 Å². The maximum atomic E-state index is 12.6. The molecule has 0 aliphatic heterocycles. The van der Waals surface area contributed by atoms with E-state index in [4.69, 9.17) is 32.7 Å². The average Bonchev–Trinajstić information content (AvgIpc) is 2.85. The molecule has 0 radical (unpaired) electrons. The summed E-state index contributed by atoms with van der Waals surface area (Å²) in [6.07, 6.45) is 0. The molecule has 0 aromatic heterocycles. The van der Waals surface area contributed by atoms with Gasteiger partial charge in [0, 0.05) is 33.3 Å². The van der Waals surface area contributed by atoms with E-state index < -0.39 is 52.9 Å². The van der Waals surface area contributed by atoms with Gasteiger partial charge in [0.05, 0.1) is 16.1 Å². The zero-order valence-corrected chi connectivity index (χ0v) is 19.2. The van der Waals surface area contributed by atoms with Gasteiger partial charge in [0.1, 0.15) is 0 Å². The number of carbonyl (C=O) groups excluding carboxylic acids is 4. The van der Waals surface area contributed by atoms with Gasteiger partial charge in [0.25, 0.3) is 5.69 Å². The predicted molar refractivity (Wildman–Crippen MR) is 125 cm³/mol. The number of nitro benzene ring substituents is 1. The van der Waals surface area contributed by atoms with Crippen molar-refractivity contribution in [2.75, 3.05) is 13.2 Å². The molecule has 0 aliphatic carbocycles. The molecule has 178 valence electrons. The number of hydrogen-bond acceptors (Lipinski definition) is 8. The van der Waals surface area contributed by atoms with Crippen LogP contribution in [-0.2, 0) is 9.47 Å². The molecule has 0 heterocycles. The van der Waals surface area contributed by atoms with E-state index in [1.807, 2.05) is 0 Å². The van der Waals surface area contributed by atoms with Crippen LogP contribution in [0.4, 0.5) is 5.69 Å². The zero-order chi connectivity index (χ0) is 25.5. The van der Waals surface area contributed by atoms with Gasteiger partial charge < -0.3 is 9.47 Å². The van der Waals surface area contributed by atoms with Gasteiger partial charge in [0.15, 0.2) is 24.8 Å². The SMILES string of the molecule is O=C(COC(=O)c1ccc([N+](=O)[O-])cc1C(=O)OCC(=O)c1ccc(Cl)cc1)c1ccc(Cl)cc1. The van der Waals surface area contributed by atoms with E-state index in [0.29, 0.717) is 10.0 Å². The van der Waals surface area contributed by atoms with Gasteiger partial charge in [-0.3, -0.25) is 19.7 Å². The molecule has 0 spiro atoms. The highest BCUT2D eigenvalue weighted by Crippen LogP contribution is 2.21. The third-order valence-electron chi connectivity index (χ3n) is 4.65. The average molecular weight is 516 g/mol. The normalized spacial score (nSPS) is 10.3. The minimum atomic E-state index is -1.16. The van der Waals surface area contributed by atoms with Crippen molar-refractivity contribution in [2.24, 2.45) is 0 Å². The number of Topliss-reactive ketones (excluding diaryl/α,β-unsaturated/α-hetero) is 2. The highest BCUT2D eigenvalue weighted by Gasteiger charge is 2.24. The lowest BCUT2D eigenvalue weighted by Crippen LogP contribution is -2.20. The van der Waals surface area contributed by atoms with Crippen molar-refractivity contribution >= 4 is 52.4 Å². The summed E-state index contributed by atoms with van der Waals surface area (Å²) in [6, 6.07) is 14.5. The minimum absolute atomic E-state index is 0.224. The Balaban J connectivity index is 1.74. The van der Waals surface area contributed by atoms with Gasteiger partial charge in [-0.15, -0.1) is 0 Å². The Hall–Kier alpha value is -4.08. The number of halogens is 2. The summed E-state index contributed by atoms with van der Waals surface area (Å²) < 4.78 is 9.97. The van der Waals surface area contributed by atoms with E-state index in [0.717, 1.165) is 18.2 Å². The van der Waals surface area contributed by atoms with Gasteiger partial charge in [-0.1, -0.05) is 23.2 Å². The fraction of sp³-hybridized carbons (Fsp3) is 0.0833. The number of benzene rings is 3. The smallest absolute Gasteiger partial charge is 0.339 e. The second-order valence-electron chi connectivity index (χ2n) is 7.00. The molecule has 0 amide bonds. The number of carbonyl (C=O) groups is 4. The molecule has 0 N–H and O–H groups in total. The lowest BCUT2D eigenvalue weighted by Gasteiger charge is -2.10. The highest BCUT2D eigenvalue weighted by atomic mass is 35.5. The number of nitro groups is 1. The first-order chi connectivity index (χ1) is 16.7. The third kappa shape index (κ3) is 6.72. The Morgan fingerprint density at radius 3 is 1.54 bits per heavy atom. The summed E-state index contributed by atoms with van der Waals surface area (Å²) in [5, 5.41) is 12.0. The molecule has 0 atom stereocenters. The molecule has 0 saturated carbocycles. The molecule has 0 bridgehead atoms. The number of ketones is 2. The largest absolute Gasteiger partial charge is 0.454 e. The maximum absolute atomic E-state index is 12.6. The first kappa shape index (κ1) is 25.5. The van der Waals surface area contributed by atoms with Gasteiger partial charge in [-0.25, -0.2) is 9.59 Å². The fourth-order valence-electron chi connectivity index (χ4n) is 2.85. The second-order valence-corrected chi connectivity index (χ2v) is 7.87. The molecule has 3 rings (SSSR count). The molecule has 9 nitrogen and oxygen atoms in total. The summed E-state index contributed by atoms with van der Waals surface area (Å²) in [5.74, 6) is -3.34. The molecule has 0 fully saturated rings. The van der Waals surface area contributed by atoms with Crippen LogP contribution >= 0.6 is 23.2 Å². The molecule has 3 aromatic rings. The van der Waals surface area contributed by atoms with Crippen molar-refractivity contribution in [3.63, 3.8) is 0 Å². The predicted octanol–water partition coefficient (Wildman–Crippen LogP) is 4.98. The summed E-state index contributed by atoms with van der Waals surface area (Å²) >= 11 is 11.6. The van der Waals surface area contributed by atoms with Gasteiger partial charge in [-0.2, -0.15) is 0 Å². The van der Waals surface area contributed by atoms with Crippen molar-refractivity contribution in [3.05, 3.63) is 109 Å². The Kier molecular flexibility index (Phi) is 8.30. The molecule has 35 heavy (non-hydrogen) atoms. The highest BCUT2D eigenvalue weighted by molar-refractivity contribution is 6.31. The summed E-state index contributed by atoms with van der Waals surface area (Å²) in [7, 11) is 0. The van der Waals surface area contributed by atoms with E-state index in [1.54, 1.807) is 0 Å². The van der Waals surface area contributed by atoms with Crippen LogP contribution in [0.15, 0.2) is 66.7 Å². The van der Waals surface area contributed by atoms with Gasteiger partial charge >= 0.3 is 11.9 Å². The van der Waals surface area contributed by atoms with Crippen LogP contribution in [0.2, 0.25) is 10.0 Å². The number of ether oxygens (including phenoxy) is 2. The van der Waals surface area contributed by atoms with E-state index in [2.05, 4.69) is 0 Å². The maximum Gasteiger partial charge on any atom is 0.339 e. The topological polar surface area (TPSA) is 130 Å². The van der Waals surface area contributed by atoms with Crippen molar-refractivity contribution in [1.82, 2.24) is 0 Å². The Bertz CT molecular complexity index is 1300. The van der Waals surface area contributed by atoms with Crippen molar-refractivity contribution in [2.45, 2.75) is 0 Å². The number of non-ortho nitro benzene ring substituents is 1. The number of rotatable bonds is 9. The molecular formula is C24H15Cl2NO8. The summed E-state index contributed by atoms with van der Waals surface area (Å²) in [6.45, 7) is -1.34. The van der Waals surface area contributed by atoms with Crippen molar-refractivity contribution in [1.29, 1.82) is 0 Å². The molecule has 0 aliphatic rings. The quantitative estimate of drug-likeness (QED) is 0.169. The minimum Gasteiger partial charge on any atom is -0.454 e. The van der Waals surface area contributed by atoms with Crippen LogP contribution < -0.4 is 0 Å². The van der Waals surface area contributed by atoms with E-state index >= 15 is 0 Å². The Morgan fingerprint density at radius 2 is 1.11 bits per heavy atom. The molecular weight excluding hydrogens is 501 g/mol. The monoisotopic (exact) mass is 515 g/mol. The number of nitrogens with zero attached hydrogens (tertiary/aromatic N) is 1. The van der Waals surface area contributed by atoms with Crippen LogP contribution in [0.25, 0.3) is 0 Å². The molecule has 0 unspecified atom stereocenters. The van der Waals surface area contributed by atoms with Crippen LogP contribution in [0.3, 0.4) is 0 Å².